The number of hydrogen-bond acceptors (Lipinski definition) is 5. The molecule has 24 heavy (non-hydrogen) atoms. The van der Waals surface area contributed by atoms with Gasteiger partial charge in [0.1, 0.15) is 6.61 Å². The van der Waals surface area contributed by atoms with Gasteiger partial charge in [-0.15, -0.1) is 11.3 Å². The summed E-state index contributed by atoms with van der Waals surface area (Å²) in [6, 6.07) is 10.0. The largest absolute Gasteiger partial charge is 0.493 e. The predicted octanol–water partition coefficient (Wildman–Crippen LogP) is 3.98. The lowest BCUT2D eigenvalue weighted by Gasteiger charge is -2.25. The van der Waals surface area contributed by atoms with Crippen molar-refractivity contribution in [2.24, 2.45) is 0 Å². The molecular weight excluding hydrogens is 322 g/mol. The van der Waals surface area contributed by atoms with Crippen molar-refractivity contribution in [3.63, 3.8) is 0 Å². The lowest BCUT2D eigenvalue weighted by atomic mass is 9.97. The smallest absolute Gasteiger partial charge is 0.161 e. The molecule has 0 radical (unpaired) electrons. The predicted molar refractivity (Wildman–Crippen MR) is 98.9 cm³/mol. The average molecular weight is 349 g/mol. The van der Waals surface area contributed by atoms with E-state index in [1.165, 1.54) is 4.88 Å². The Morgan fingerprint density at radius 1 is 1.17 bits per heavy atom. The summed E-state index contributed by atoms with van der Waals surface area (Å²) in [6.07, 6.45) is 1.49. The second kappa shape index (κ2) is 9.06. The van der Waals surface area contributed by atoms with Crippen molar-refractivity contribution in [2.45, 2.75) is 45.4 Å². The Morgan fingerprint density at radius 2 is 1.96 bits per heavy atom. The van der Waals surface area contributed by atoms with Crippen LogP contribution in [0.15, 0.2) is 35.7 Å². The molecule has 0 bridgehead atoms. The van der Waals surface area contributed by atoms with Gasteiger partial charge in [0.15, 0.2) is 11.5 Å². The van der Waals surface area contributed by atoms with Crippen LogP contribution in [0.25, 0.3) is 0 Å². The third-order valence-electron chi connectivity index (χ3n) is 4.28. The molecule has 0 saturated carbocycles. The van der Waals surface area contributed by atoms with Crippen LogP contribution >= 0.6 is 11.3 Å². The van der Waals surface area contributed by atoms with E-state index in [0.29, 0.717) is 19.7 Å². The Labute approximate surface area is 148 Å². The van der Waals surface area contributed by atoms with Crippen molar-refractivity contribution in [3.8, 4) is 11.5 Å². The lowest BCUT2D eigenvalue weighted by molar-refractivity contribution is 0.0323. The van der Waals surface area contributed by atoms with Gasteiger partial charge in [0.2, 0.25) is 0 Å². The summed E-state index contributed by atoms with van der Waals surface area (Å²) in [5.74, 6) is 1.47. The zero-order chi connectivity index (χ0) is 17.4. The molecule has 1 heterocycles. The van der Waals surface area contributed by atoms with Crippen LogP contribution < -0.4 is 14.8 Å². The van der Waals surface area contributed by atoms with Gasteiger partial charge in [0.05, 0.1) is 12.7 Å². The summed E-state index contributed by atoms with van der Waals surface area (Å²) in [4.78, 5) is 1.18. The third kappa shape index (κ3) is 5.23. The van der Waals surface area contributed by atoms with Crippen LogP contribution in [0.5, 0.6) is 11.5 Å². The summed E-state index contributed by atoms with van der Waals surface area (Å²) < 4.78 is 11.3. The number of hydrogen-bond donors (Lipinski definition) is 2. The van der Waals surface area contributed by atoms with Gasteiger partial charge >= 0.3 is 0 Å². The summed E-state index contributed by atoms with van der Waals surface area (Å²) >= 11 is 1.68. The number of benzene rings is 1. The molecule has 4 nitrogen and oxygen atoms in total. The van der Waals surface area contributed by atoms with Crippen LogP contribution in [0.3, 0.4) is 0 Å². The molecule has 0 aliphatic heterocycles. The molecule has 2 rings (SSSR count). The van der Waals surface area contributed by atoms with Crippen molar-refractivity contribution < 1.29 is 14.6 Å². The zero-order valence-electron chi connectivity index (χ0n) is 14.7. The minimum absolute atomic E-state index is 0.547. The Balaban J connectivity index is 1.93. The van der Waals surface area contributed by atoms with Crippen molar-refractivity contribution in [1.29, 1.82) is 0 Å². The minimum Gasteiger partial charge on any atom is -0.493 e. The van der Waals surface area contributed by atoms with Gasteiger partial charge in [-0.05, 0) is 42.0 Å². The first kappa shape index (κ1) is 18.8. The van der Waals surface area contributed by atoms with Gasteiger partial charge in [0.25, 0.3) is 0 Å². The third-order valence-corrected chi connectivity index (χ3v) is 5.13. The van der Waals surface area contributed by atoms with E-state index in [-0.39, 0.29) is 0 Å². The lowest BCUT2D eigenvalue weighted by Crippen LogP contribution is -2.39. The molecule has 5 heteroatoms. The number of nitrogens with one attached hydrogen (secondary N) is 1. The van der Waals surface area contributed by atoms with Crippen LogP contribution in [-0.2, 0) is 13.2 Å². The highest BCUT2D eigenvalue weighted by molar-refractivity contribution is 7.09. The fraction of sp³-hybridized carbons (Fsp3) is 0.474. The topological polar surface area (TPSA) is 50.7 Å². The van der Waals surface area contributed by atoms with Crippen molar-refractivity contribution >= 4 is 11.3 Å². The van der Waals surface area contributed by atoms with Crippen LogP contribution in [0.1, 0.15) is 37.1 Å². The van der Waals surface area contributed by atoms with E-state index in [2.05, 4.69) is 11.4 Å². The molecule has 0 aliphatic rings. The van der Waals surface area contributed by atoms with Crippen molar-refractivity contribution in [3.05, 3.63) is 46.2 Å². The number of methoxy groups -OCH3 is 1. The molecule has 0 fully saturated rings. The number of thiophene rings is 1. The van der Waals surface area contributed by atoms with E-state index in [4.69, 9.17) is 9.47 Å². The Kier molecular flexibility index (Phi) is 7.09. The van der Waals surface area contributed by atoms with Crippen LogP contribution in [0, 0.1) is 0 Å². The van der Waals surface area contributed by atoms with E-state index in [9.17, 15) is 5.11 Å². The number of rotatable bonds is 10. The van der Waals surface area contributed by atoms with E-state index in [1.807, 2.05) is 43.5 Å². The summed E-state index contributed by atoms with van der Waals surface area (Å²) in [5, 5.41) is 15.7. The van der Waals surface area contributed by atoms with E-state index in [1.54, 1.807) is 18.4 Å². The second-order valence-electron chi connectivity index (χ2n) is 5.89. The second-order valence-corrected chi connectivity index (χ2v) is 6.92. The monoisotopic (exact) mass is 349 g/mol. The normalized spacial score (nSPS) is 11.5. The van der Waals surface area contributed by atoms with Crippen molar-refractivity contribution in [1.82, 2.24) is 5.32 Å². The first-order chi connectivity index (χ1) is 11.6. The minimum atomic E-state index is -0.631. The molecule has 0 atom stereocenters. The first-order valence-corrected chi connectivity index (χ1v) is 9.23. The standard InChI is InChI=1S/C19H27NO3S/c1-4-19(21,5-2)14-20-12-15-8-9-17(18(11-15)22-3)23-13-16-7-6-10-24-16/h6-11,20-21H,4-5,12-14H2,1-3H3. The molecule has 132 valence electrons. The summed E-state index contributed by atoms with van der Waals surface area (Å²) in [6.45, 7) is 5.83. The molecule has 1 aromatic carbocycles. The maximum absolute atomic E-state index is 10.3. The molecule has 0 saturated heterocycles. The molecule has 0 spiro atoms. The van der Waals surface area contributed by atoms with Gasteiger partial charge in [-0.3, -0.25) is 0 Å². The number of aliphatic hydroxyl groups is 1. The van der Waals surface area contributed by atoms with Gasteiger partial charge in [-0.1, -0.05) is 26.0 Å². The summed E-state index contributed by atoms with van der Waals surface area (Å²) in [5.41, 5.74) is 0.471. The van der Waals surface area contributed by atoms with E-state index in [0.717, 1.165) is 29.9 Å². The quantitative estimate of drug-likeness (QED) is 0.681. The maximum atomic E-state index is 10.3. The van der Waals surface area contributed by atoms with E-state index < -0.39 is 5.60 Å². The number of ether oxygens (including phenoxy) is 2. The zero-order valence-corrected chi connectivity index (χ0v) is 15.5. The van der Waals surface area contributed by atoms with Gasteiger partial charge in [-0.2, -0.15) is 0 Å². The molecular formula is C19H27NO3S. The fourth-order valence-electron chi connectivity index (χ4n) is 2.42. The highest BCUT2D eigenvalue weighted by atomic mass is 32.1. The van der Waals surface area contributed by atoms with E-state index >= 15 is 0 Å². The highest BCUT2D eigenvalue weighted by Crippen LogP contribution is 2.29. The Hall–Kier alpha value is -1.56. The maximum Gasteiger partial charge on any atom is 0.161 e. The Bertz CT molecular complexity index is 609. The van der Waals surface area contributed by atoms with Gasteiger partial charge < -0.3 is 19.9 Å². The van der Waals surface area contributed by atoms with Crippen LogP contribution in [0.2, 0.25) is 0 Å². The first-order valence-electron chi connectivity index (χ1n) is 8.35. The van der Waals surface area contributed by atoms with Gasteiger partial charge in [0, 0.05) is 18.0 Å². The molecule has 0 amide bonds. The molecule has 0 unspecified atom stereocenters. The SMILES string of the molecule is CCC(O)(CC)CNCc1ccc(OCc2cccs2)c(OC)c1. The molecule has 2 aromatic rings. The molecule has 2 N–H and O–H groups in total. The Morgan fingerprint density at radius 3 is 2.58 bits per heavy atom. The van der Waals surface area contributed by atoms with Crippen LogP contribution in [0.4, 0.5) is 0 Å². The average Bonchev–Trinajstić information content (AvgIpc) is 3.13. The van der Waals surface area contributed by atoms with Crippen LogP contribution in [-0.4, -0.2) is 24.4 Å². The molecule has 1 aromatic heterocycles. The highest BCUT2D eigenvalue weighted by Gasteiger charge is 2.21. The summed E-state index contributed by atoms with van der Waals surface area (Å²) in [7, 11) is 1.65. The molecule has 0 aliphatic carbocycles. The van der Waals surface area contributed by atoms with Crippen molar-refractivity contribution in [2.75, 3.05) is 13.7 Å². The van der Waals surface area contributed by atoms with Gasteiger partial charge in [-0.25, -0.2) is 0 Å². The fourth-order valence-corrected chi connectivity index (χ4v) is 3.04.